The number of ether oxygens (including phenoxy) is 2. The molecule has 0 atom stereocenters. The summed E-state index contributed by atoms with van der Waals surface area (Å²) in [6.45, 7) is 11.5. The van der Waals surface area contributed by atoms with E-state index in [1.165, 1.54) is 24.8 Å². The van der Waals surface area contributed by atoms with Crippen LogP contribution in [0.1, 0.15) is 62.0 Å². The van der Waals surface area contributed by atoms with E-state index in [9.17, 15) is 9.59 Å². The Morgan fingerprint density at radius 2 is 1.94 bits per heavy atom. The minimum atomic E-state index is -0.683. The van der Waals surface area contributed by atoms with Crippen molar-refractivity contribution in [3.8, 4) is 11.3 Å². The van der Waals surface area contributed by atoms with E-state index in [1.54, 1.807) is 14.5 Å². The minimum absolute atomic E-state index is 0.0148. The van der Waals surface area contributed by atoms with E-state index in [4.69, 9.17) is 9.47 Å². The van der Waals surface area contributed by atoms with Gasteiger partial charge in [-0.3, -0.25) is 0 Å². The number of hydrogen-bond acceptors (Lipinski definition) is 7. The largest absolute Gasteiger partial charge is 0.465 e. The van der Waals surface area contributed by atoms with E-state index < -0.39 is 17.7 Å². The number of fused-ring (bicyclic) bond motifs is 2. The average Bonchev–Trinajstić information content (AvgIpc) is 3.39. The summed E-state index contributed by atoms with van der Waals surface area (Å²) in [5.74, 6) is -0.421. The Bertz CT molecular complexity index is 1350. The maximum absolute atomic E-state index is 13.4. The molecule has 0 unspecified atom stereocenters. The van der Waals surface area contributed by atoms with Crippen LogP contribution in [0.4, 0.5) is 4.79 Å². The molecule has 4 rings (SSSR count). The highest BCUT2D eigenvalue weighted by Gasteiger charge is 2.32. The van der Waals surface area contributed by atoms with Crippen molar-refractivity contribution in [2.75, 3.05) is 7.11 Å². The van der Waals surface area contributed by atoms with Crippen molar-refractivity contribution in [1.29, 1.82) is 0 Å². The molecule has 0 saturated carbocycles. The van der Waals surface area contributed by atoms with Crippen LogP contribution in [0.2, 0.25) is 0 Å². The van der Waals surface area contributed by atoms with E-state index in [0.717, 1.165) is 22.3 Å². The summed E-state index contributed by atoms with van der Waals surface area (Å²) in [4.78, 5) is 30.9. The molecule has 0 spiro atoms. The number of carbonyl (C=O) groups excluding carboxylic acids is 2. The number of esters is 1. The van der Waals surface area contributed by atoms with E-state index in [2.05, 4.69) is 10.1 Å². The van der Waals surface area contributed by atoms with Crippen molar-refractivity contribution in [1.82, 2.24) is 19.2 Å². The number of hydrogen-bond donors (Lipinski definition) is 0. The van der Waals surface area contributed by atoms with Gasteiger partial charge in [-0.05, 0) is 50.8 Å². The molecule has 0 fully saturated rings. The van der Waals surface area contributed by atoms with Crippen LogP contribution in [-0.4, -0.2) is 43.9 Å². The lowest BCUT2D eigenvalue weighted by atomic mass is 9.95. The zero-order valence-corrected chi connectivity index (χ0v) is 20.0. The van der Waals surface area contributed by atoms with Gasteiger partial charge in [-0.2, -0.15) is 5.10 Å². The fraction of sp³-hybridized carbons (Fsp3) is 0.391. The third kappa shape index (κ3) is 3.56. The first kappa shape index (κ1) is 22.0. The van der Waals surface area contributed by atoms with Gasteiger partial charge in [-0.15, -0.1) is 11.3 Å². The molecule has 0 aliphatic carbocycles. The summed E-state index contributed by atoms with van der Waals surface area (Å²) >= 11 is 1.32. The molecule has 0 bridgehead atoms. The summed E-state index contributed by atoms with van der Waals surface area (Å²) in [6.07, 6.45) is 2.84. The number of rotatable bonds is 3. The molecule has 4 heterocycles. The van der Waals surface area contributed by atoms with Gasteiger partial charge >= 0.3 is 12.1 Å². The van der Waals surface area contributed by atoms with Crippen molar-refractivity contribution in [2.24, 2.45) is 0 Å². The quantitative estimate of drug-likeness (QED) is 0.385. The molecule has 0 aromatic carbocycles. The monoisotopic (exact) mass is 454 g/mol. The Morgan fingerprint density at radius 1 is 1.22 bits per heavy atom. The Kier molecular flexibility index (Phi) is 5.32. The van der Waals surface area contributed by atoms with Gasteiger partial charge < -0.3 is 9.47 Å². The molecule has 168 valence electrons. The van der Waals surface area contributed by atoms with Gasteiger partial charge in [0, 0.05) is 22.5 Å². The highest BCUT2D eigenvalue weighted by molar-refractivity contribution is 7.17. The normalized spacial score (nSPS) is 12.1. The molecule has 4 aromatic heterocycles. The summed E-state index contributed by atoms with van der Waals surface area (Å²) in [7, 11) is 1.36. The maximum atomic E-state index is 13.4. The predicted molar refractivity (Wildman–Crippen MR) is 124 cm³/mol. The second kappa shape index (κ2) is 7.74. The van der Waals surface area contributed by atoms with Crippen LogP contribution in [0.15, 0.2) is 24.0 Å². The van der Waals surface area contributed by atoms with Crippen LogP contribution in [0.25, 0.3) is 27.1 Å². The first-order valence-electron chi connectivity index (χ1n) is 10.3. The summed E-state index contributed by atoms with van der Waals surface area (Å²) in [5.41, 5.74) is 3.77. The van der Waals surface area contributed by atoms with Gasteiger partial charge in [0.15, 0.2) is 5.65 Å². The fourth-order valence-corrected chi connectivity index (χ4v) is 4.98. The molecule has 0 radical (unpaired) electrons. The number of methoxy groups -OCH3 is 1. The van der Waals surface area contributed by atoms with E-state index >= 15 is 0 Å². The number of pyridine rings is 1. The number of nitrogens with zero attached hydrogens (tertiary/aromatic N) is 4. The standard InChI is InChI=1S/C23H26N4O4S/c1-12(2)16-17-15(21(28)30-7)10-32-20(17)27(22(29)31-23(4,5)6)18(16)14-8-13(3)19-24-11-25-26(19)9-14/h8-12H,1-7H3. The lowest BCUT2D eigenvalue weighted by Gasteiger charge is -2.21. The Labute approximate surface area is 189 Å². The maximum Gasteiger partial charge on any atom is 0.420 e. The second-order valence-electron chi connectivity index (χ2n) is 8.99. The van der Waals surface area contributed by atoms with Gasteiger partial charge in [-0.1, -0.05) is 13.8 Å². The summed E-state index contributed by atoms with van der Waals surface area (Å²) < 4.78 is 14.1. The first-order chi connectivity index (χ1) is 15.0. The van der Waals surface area contributed by atoms with Crippen LogP contribution in [-0.2, 0) is 9.47 Å². The molecule has 0 aliphatic rings. The predicted octanol–water partition coefficient (Wildman–Crippen LogP) is 5.41. The van der Waals surface area contributed by atoms with Crippen molar-refractivity contribution >= 4 is 39.3 Å². The van der Waals surface area contributed by atoms with E-state index in [0.29, 0.717) is 21.5 Å². The summed E-state index contributed by atoms with van der Waals surface area (Å²) in [5, 5.41) is 6.74. The Balaban J connectivity index is 2.12. The van der Waals surface area contributed by atoms with Gasteiger partial charge in [0.2, 0.25) is 0 Å². The molecule has 0 N–H and O–H groups in total. The van der Waals surface area contributed by atoms with Crippen LogP contribution in [0.5, 0.6) is 0 Å². The average molecular weight is 455 g/mol. The number of thiophene rings is 1. The van der Waals surface area contributed by atoms with Crippen LogP contribution in [0.3, 0.4) is 0 Å². The topological polar surface area (TPSA) is 87.7 Å². The van der Waals surface area contributed by atoms with Crippen molar-refractivity contribution in [2.45, 2.75) is 53.1 Å². The lowest BCUT2D eigenvalue weighted by Crippen LogP contribution is -2.27. The van der Waals surface area contributed by atoms with Gasteiger partial charge in [0.25, 0.3) is 0 Å². The van der Waals surface area contributed by atoms with Crippen LogP contribution in [0, 0.1) is 6.92 Å². The molecular formula is C23H26N4O4S. The van der Waals surface area contributed by atoms with Gasteiger partial charge in [-0.25, -0.2) is 23.7 Å². The first-order valence-corrected chi connectivity index (χ1v) is 11.2. The molecule has 8 nitrogen and oxygen atoms in total. The molecule has 32 heavy (non-hydrogen) atoms. The lowest BCUT2D eigenvalue weighted by molar-refractivity contribution is 0.0545. The second-order valence-corrected chi connectivity index (χ2v) is 9.85. The molecule has 4 aromatic rings. The Hall–Kier alpha value is -3.20. The SMILES string of the molecule is COC(=O)c1csc2c1c(C(C)C)c(-c1cc(C)c3ncnn3c1)n2C(=O)OC(C)(C)C. The summed E-state index contributed by atoms with van der Waals surface area (Å²) in [6, 6.07) is 1.98. The Morgan fingerprint density at radius 3 is 2.56 bits per heavy atom. The highest BCUT2D eigenvalue weighted by atomic mass is 32.1. The zero-order valence-electron chi connectivity index (χ0n) is 19.2. The molecule has 0 saturated heterocycles. The number of carbonyl (C=O) groups is 2. The number of aryl methyl sites for hydroxylation is 1. The van der Waals surface area contributed by atoms with Crippen molar-refractivity contribution in [3.63, 3.8) is 0 Å². The van der Waals surface area contributed by atoms with Crippen molar-refractivity contribution in [3.05, 3.63) is 40.7 Å². The van der Waals surface area contributed by atoms with E-state index in [-0.39, 0.29) is 5.92 Å². The molecule has 0 amide bonds. The minimum Gasteiger partial charge on any atom is -0.465 e. The zero-order chi connectivity index (χ0) is 23.4. The van der Waals surface area contributed by atoms with E-state index in [1.807, 2.05) is 53.8 Å². The van der Waals surface area contributed by atoms with Crippen LogP contribution >= 0.6 is 11.3 Å². The fourth-order valence-electron chi connectivity index (χ4n) is 3.92. The number of aromatic nitrogens is 4. The molecule has 0 aliphatic heterocycles. The smallest absolute Gasteiger partial charge is 0.420 e. The molecular weight excluding hydrogens is 428 g/mol. The van der Waals surface area contributed by atoms with Gasteiger partial charge in [0.05, 0.1) is 18.4 Å². The molecule has 9 heteroatoms. The third-order valence-corrected chi connectivity index (χ3v) is 6.08. The van der Waals surface area contributed by atoms with Crippen LogP contribution < -0.4 is 0 Å². The van der Waals surface area contributed by atoms with Gasteiger partial charge in [0.1, 0.15) is 16.8 Å². The highest BCUT2D eigenvalue weighted by Crippen LogP contribution is 2.43. The third-order valence-electron chi connectivity index (χ3n) is 5.11. The van der Waals surface area contributed by atoms with Crippen molar-refractivity contribution < 1.29 is 19.1 Å².